The van der Waals surface area contributed by atoms with E-state index in [0.29, 0.717) is 22.7 Å². The highest BCUT2D eigenvalue weighted by molar-refractivity contribution is 8.04. The molecule has 1 fully saturated rings. The maximum Gasteiger partial charge on any atom is 0.262 e. The van der Waals surface area contributed by atoms with E-state index in [1.807, 2.05) is 36.4 Å². The zero-order valence-electron chi connectivity index (χ0n) is 16.1. The summed E-state index contributed by atoms with van der Waals surface area (Å²) in [6.07, 6.45) is 3.93. The van der Waals surface area contributed by atoms with Gasteiger partial charge in [0.25, 0.3) is 11.8 Å². The van der Waals surface area contributed by atoms with Gasteiger partial charge in [-0.05, 0) is 54.8 Å². The number of carbonyl (C=O) groups is 2. The first-order valence-electron chi connectivity index (χ1n) is 9.51. The molecule has 0 radical (unpaired) electrons. The lowest BCUT2D eigenvalue weighted by Crippen LogP contribution is -2.31. The van der Waals surface area contributed by atoms with E-state index in [4.69, 9.17) is 9.47 Å². The lowest BCUT2D eigenvalue weighted by Gasteiger charge is -2.19. The lowest BCUT2D eigenvalue weighted by atomic mass is 10.1. The van der Waals surface area contributed by atoms with E-state index in [9.17, 15) is 9.59 Å². The van der Waals surface area contributed by atoms with E-state index in [-0.39, 0.29) is 17.9 Å². The SMILES string of the molecule is COc1cccc(/C=C2/Sc3ccc(C(=O)NCC4CCCO4)cc3NC2=O)c1. The third-order valence-corrected chi connectivity index (χ3v) is 5.94. The zero-order valence-corrected chi connectivity index (χ0v) is 16.9. The average Bonchev–Trinajstić information content (AvgIpc) is 3.26. The van der Waals surface area contributed by atoms with Gasteiger partial charge in [0, 0.05) is 23.6 Å². The Kier molecular flexibility index (Phi) is 5.87. The summed E-state index contributed by atoms with van der Waals surface area (Å²) < 4.78 is 10.8. The predicted octanol–water partition coefficient (Wildman–Crippen LogP) is 3.69. The highest BCUT2D eigenvalue weighted by Crippen LogP contribution is 2.39. The molecule has 2 aromatic carbocycles. The largest absolute Gasteiger partial charge is 0.497 e. The molecule has 2 aromatic rings. The van der Waals surface area contributed by atoms with Crippen molar-refractivity contribution in [2.24, 2.45) is 0 Å². The average molecular weight is 410 g/mol. The quantitative estimate of drug-likeness (QED) is 0.736. The minimum Gasteiger partial charge on any atom is -0.497 e. The van der Waals surface area contributed by atoms with Gasteiger partial charge >= 0.3 is 0 Å². The molecule has 29 heavy (non-hydrogen) atoms. The molecule has 6 nitrogen and oxygen atoms in total. The predicted molar refractivity (Wildman–Crippen MR) is 113 cm³/mol. The molecule has 1 unspecified atom stereocenters. The van der Waals surface area contributed by atoms with Gasteiger partial charge in [-0.3, -0.25) is 9.59 Å². The van der Waals surface area contributed by atoms with E-state index in [1.165, 1.54) is 11.8 Å². The van der Waals surface area contributed by atoms with Gasteiger partial charge in [-0.15, -0.1) is 0 Å². The number of thioether (sulfide) groups is 1. The molecule has 0 saturated carbocycles. The second-order valence-corrected chi connectivity index (χ2v) is 7.98. The number of nitrogens with one attached hydrogen (secondary N) is 2. The Bertz CT molecular complexity index is 967. The number of hydrogen-bond acceptors (Lipinski definition) is 5. The van der Waals surface area contributed by atoms with Crippen molar-refractivity contribution >= 4 is 35.3 Å². The minimum absolute atomic E-state index is 0.0936. The van der Waals surface area contributed by atoms with Gasteiger partial charge in [-0.25, -0.2) is 0 Å². The third-order valence-electron chi connectivity index (χ3n) is 4.84. The molecule has 1 saturated heterocycles. The molecule has 2 heterocycles. The van der Waals surface area contributed by atoms with Crippen molar-refractivity contribution in [3.63, 3.8) is 0 Å². The zero-order chi connectivity index (χ0) is 20.2. The lowest BCUT2D eigenvalue weighted by molar-refractivity contribution is -0.112. The number of amides is 2. The molecule has 0 spiro atoms. The van der Waals surface area contributed by atoms with Crippen LogP contribution in [0.4, 0.5) is 5.69 Å². The second kappa shape index (κ2) is 8.71. The Morgan fingerprint density at radius 3 is 3.03 bits per heavy atom. The van der Waals surface area contributed by atoms with Crippen molar-refractivity contribution in [1.29, 1.82) is 0 Å². The molecular weight excluding hydrogens is 388 g/mol. The smallest absolute Gasteiger partial charge is 0.262 e. The van der Waals surface area contributed by atoms with E-state index < -0.39 is 0 Å². The van der Waals surface area contributed by atoms with Gasteiger partial charge in [0.2, 0.25) is 0 Å². The van der Waals surface area contributed by atoms with Gasteiger partial charge in [-0.1, -0.05) is 23.9 Å². The van der Waals surface area contributed by atoms with E-state index >= 15 is 0 Å². The normalized spacial score (nSPS) is 19.6. The van der Waals surface area contributed by atoms with Gasteiger partial charge in [0.1, 0.15) is 5.75 Å². The Hall–Kier alpha value is -2.77. The molecule has 1 atom stereocenters. The van der Waals surface area contributed by atoms with Gasteiger partial charge in [0.05, 0.1) is 23.8 Å². The van der Waals surface area contributed by atoms with Crippen molar-refractivity contribution in [3.8, 4) is 5.75 Å². The molecule has 7 heteroatoms. The number of benzene rings is 2. The van der Waals surface area contributed by atoms with Crippen molar-refractivity contribution < 1.29 is 19.1 Å². The molecule has 2 amide bonds. The fraction of sp³-hybridized carbons (Fsp3) is 0.273. The summed E-state index contributed by atoms with van der Waals surface area (Å²) >= 11 is 1.38. The van der Waals surface area contributed by atoms with Crippen LogP contribution in [0.3, 0.4) is 0 Å². The number of ether oxygens (including phenoxy) is 2. The Balaban J connectivity index is 1.47. The molecule has 4 rings (SSSR count). The fourth-order valence-corrected chi connectivity index (χ4v) is 4.23. The summed E-state index contributed by atoms with van der Waals surface area (Å²) in [5.41, 5.74) is 2.05. The highest BCUT2D eigenvalue weighted by Gasteiger charge is 2.23. The number of methoxy groups -OCH3 is 1. The standard InChI is InChI=1S/C22H22N2O4S/c1-27-16-5-2-4-14(10-16)11-20-22(26)24-18-12-15(7-8-19(18)29-20)21(25)23-13-17-6-3-9-28-17/h2,4-5,7-8,10-12,17H,3,6,9,13H2,1H3,(H,23,25)(H,24,26)/b20-11+. The first kappa shape index (κ1) is 19.5. The van der Waals surface area contributed by atoms with Gasteiger partial charge < -0.3 is 20.1 Å². The van der Waals surface area contributed by atoms with Gasteiger partial charge in [-0.2, -0.15) is 0 Å². The van der Waals surface area contributed by atoms with Crippen LogP contribution in [0.25, 0.3) is 6.08 Å². The highest BCUT2D eigenvalue weighted by atomic mass is 32.2. The maximum atomic E-state index is 12.5. The third kappa shape index (κ3) is 4.63. The molecule has 2 aliphatic rings. The topological polar surface area (TPSA) is 76.7 Å². The number of carbonyl (C=O) groups excluding carboxylic acids is 2. The molecular formula is C22H22N2O4S. The molecule has 0 aromatic heterocycles. The number of hydrogen-bond donors (Lipinski definition) is 2. The van der Waals surface area contributed by atoms with Crippen molar-refractivity contribution in [2.45, 2.75) is 23.8 Å². The van der Waals surface area contributed by atoms with Crippen LogP contribution in [0.2, 0.25) is 0 Å². The summed E-state index contributed by atoms with van der Waals surface area (Å²) in [7, 11) is 1.61. The van der Waals surface area contributed by atoms with Crippen molar-refractivity contribution in [3.05, 3.63) is 58.5 Å². The molecule has 2 N–H and O–H groups in total. The van der Waals surface area contributed by atoms with E-state index in [2.05, 4.69) is 10.6 Å². The van der Waals surface area contributed by atoms with Crippen LogP contribution in [-0.2, 0) is 9.53 Å². The number of anilines is 1. The second-order valence-electron chi connectivity index (χ2n) is 6.90. The van der Waals surface area contributed by atoms with Crippen LogP contribution in [-0.4, -0.2) is 38.2 Å². The molecule has 0 aliphatic carbocycles. The first-order chi connectivity index (χ1) is 14.1. The molecule has 150 valence electrons. The maximum absolute atomic E-state index is 12.5. The summed E-state index contributed by atoms with van der Waals surface area (Å²) in [5, 5.41) is 5.79. The van der Waals surface area contributed by atoms with Crippen LogP contribution in [0.15, 0.2) is 52.3 Å². The summed E-state index contributed by atoms with van der Waals surface area (Å²) in [6, 6.07) is 12.9. The monoisotopic (exact) mass is 410 g/mol. The summed E-state index contributed by atoms with van der Waals surface area (Å²) in [6.45, 7) is 1.26. The minimum atomic E-state index is -0.192. The number of rotatable bonds is 5. The van der Waals surface area contributed by atoms with Crippen LogP contribution in [0.5, 0.6) is 5.75 Å². The number of fused-ring (bicyclic) bond motifs is 1. The molecule has 2 aliphatic heterocycles. The fourth-order valence-electron chi connectivity index (χ4n) is 3.30. The Morgan fingerprint density at radius 2 is 2.24 bits per heavy atom. The Labute approximate surface area is 173 Å². The first-order valence-corrected chi connectivity index (χ1v) is 10.3. The van der Waals surface area contributed by atoms with E-state index in [1.54, 1.807) is 19.2 Å². The Morgan fingerprint density at radius 1 is 1.34 bits per heavy atom. The molecule has 0 bridgehead atoms. The van der Waals surface area contributed by atoms with Crippen LogP contribution < -0.4 is 15.4 Å². The van der Waals surface area contributed by atoms with E-state index in [0.717, 1.165) is 35.7 Å². The van der Waals surface area contributed by atoms with Crippen LogP contribution in [0.1, 0.15) is 28.8 Å². The summed E-state index contributed by atoms with van der Waals surface area (Å²) in [4.78, 5) is 26.5. The van der Waals surface area contributed by atoms with Crippen molar-refractivity contribution in [1.82, 2.24) is 5.32 Å². The summed E-state index contributed by atoms with van der Waals surface area (Å²) in [5.74, 6) is 0.377. The van der Waals surface area contributed by atoms with Gasteiger partial charge in [0.15, 0.2) is 0 Å². The van der Waals surface area contributed by atoms with Crippen molar-refractivity contribution in [2.75, 3.05) is 25.6 Å². The van der Waals surface area contributed by atoms with Crippen LogP contribution >= 0.6 is 11.8 Å². The van der Waals surface area contributed by atoms with Crippen LogP contribution in [0, 0.1) is 0 Å².